The maximum atomic E-state index is 10.9. The van der Waals surface area contributed by atoms with Crippen molar-refractivity contribution in [3.8, 4) is 0 Å². The summed E-state index contributed by atoms with van der Waals surface area (Å²) in [6.45, 7) is 0. The highest BCUT2D eigenvalue weighted by Crippen LogP contribution is 2.18. The molecule has 0 radical (unpaired) electrons. The highest BCUT2D eigenvalue weighted by atomic mass is 127. The van der Waals surface area contributed by atoms with Crippen molar-refractivity contribution in [2.75, 3.05) is 0 Å². The van der Waals surface area contributed by atoms with Gasteiger partial charge in [0, 0.05) is 6.42 Å². The summed E-state index contributed by atoms with van der Waals surface area (Å²) in [5.74, 6) is 0.274. The van der Waals surface area contributed by atoms with Crippen molar-refractivity contribution < 1.29 is 7.86 Å². The fourth-order valence-electron chi connectivity index (χ4n) is 1.05. The second-order valence-corrected chi connectivity index (χ2v) is 2.80. The van der Waals surface area contributed by atoms with E-state index in [0.29, 0.717) is 6.42 Å². The van der Waals surface area contributed by atoms with Crippen molar-refractivity contribution in [1.29, 1.82) is 0 Å². The van der Waals surface area contributed by atoms with Gasteiger partial charge in [0.2, 0.25) is 0 Å². The third kappa shape index (κ3) is 1.89. The molecule has 2 nitrogen and oxygen atoms in total. The van der Waals surface area contributed by atoms with Crippen LogP contribution in [-0.2, 0) is 7.86 Å². The van der Waals surface area contributed by atoms with Crippen molar-refractivity contribution in [2.45, 2.75) is 31.8 Å². The molecule has 0 heterocycles. The quantitative estimate of drug-likeness (QED) is 0.654. The maximum Gasteiger partial charge on any atom is 0.162 e. The van der Waals surface area contributed by atoms with E-state index in [-0.39, 0.29) is 11.9 Å². The molecule has 0 aliphatic heterocycles. The predicted octanol–water partition coefficient (Wildman–Crippen LogP) is 1.86. The Kier molecular flexibility index (Phi) is 2.91. The lowest BCUT2D eigenvalue weighted by molar-refractivity contribution is -0.126. The topological polar surface area (TPSA) is 26.3 Å². The Morgan fingerprint density at radius 3 is 2.78 bits per heavy atom. The maximum absolute atomic E-state index is 10.9. The number of Topliss-reactive ketones (excluding diaryl/α,β-unsaturated/α-hetero) is 1. The van der Waals surface area contributed by atoms with Crippen LogP contribution >= 0.6 is 23.0 Å². The van der Waals surface area contributed by atoms with Crippen molar-refractivity contribution in [3.63, 3.8) is 0 Å². The molecule has 1 atom stereocenters. The van der Waals surface area contributed by atoms with E-state index in [1.165, 1.54) is 0 Å². The number of carbonyl (C=O) groups excluding carboxylic acids is 1. The summed E-state index contributed by atoms with van der Waals surface area (Å²) in [5.41, 5.74) is 0. The predicted molar refractivity (Wildman–Crippen MR) is 42.4 cm³/mol. The van der Waals surface area contributed by atoms with E-state index in [2.05, 4.69) is 0 Å². The summed E-state index contributed by atoms with van der Waals surface area (Å²) in [7, 11) is 0. The third-order valence-corrected chi connectivity index (χ3v) is 2.22. The molecule has 52 valence electrons. The molecular formula is C6H9IO2. The van der Waals surface area contributed by atoms with E-state index in [1.54, 1.807) is 23.0 Å². The van der Waals surface area contributed by atoms with Gasteiger partial charge in [-0.25, -0.2) is 0 Å². The van der Waals surface area contributed by atoms with Crippen LogP contribution < -0.4 is 0 Å². The number of ketones is 1. The summed E-state index contributed by atoms with van der Waals surface area (Å²) in [5, 5.41) is 0. The molecule has 0 amide bonds. The van der Waals surface area contributed by atoms with Crippen LogP contribution in [0.2, 0.25) is 0 Å². The summed E-state index contributed by atoms with van der Waals surface area (Å²) < 4.78 is 4.92. The van der Waals surface area contributed by atoms with Crippen LogP contribution in [0.15, 0.2) is 0 Å². The van der Waals surface area contributed by atoms with Crippen LogP contribution in [0, 0.1) is 0 Å². The zero-order chi connectivity index (χ0) is 6.69. The minimum Gasteiger partial charge on any atom is -0.304 e. The molecule has 1 fully saturated rings. The van der Waals surface area contributed by atoms with E-state index in [4.69, 9.17) is 3.07 Å². The standard InChI is InChI=1S/C6H9IO2/c7-9-6-4-2-1-3-5(6)8/h6H,1-4H2/t6-/m0/s1. The van der Waals surface area contributed by atoms with Crippen molar-refractivity contribution in [1.82, 2.24) is 0 Å². The van der Waals surface area contributed by atoms with Gasteiger partial charge in [-0.15, -0.1) is 0 Å². The first kappa shape index (κ1) is 7.47. The molecule has 0 bridgehead atoms. The number of hydrogen-bond donors (Lipinski definition) is 0. The lowest BCUT2D eigenvalue weighted by Crippen LogP contribution is -2.24. The lowest BCUT2D eigenvalue weighted by atomic mass is 9.97. The molecule has 1 rings (SSSR count). The zero-order valence-electron chi connectivity index (χ0n) is 5.10. The fraction of sp³-hybridized carbons (Fsp3) is 0.833. The van der Waals surface area contributed by atoms with Gasteiger partial charge in [0.1, 0.15) is 29.1 Å². The zero-order valence-corrected chi connectivity index (χ0v) is 7.26. The molecule has 0 spiro atoms. The minimum absolute atomic E-state index is 0.0978. The molecule has 0 N–H and O–H groups in total. The molecule has 3 heteroatoms. The number of rotatable bonds is 1. The minimum atomic E-state index is -0.0978. The van der Waals surface area contributed by atoms with Gasteiger partial charge in [-0.2, -0.15) is 0 Å². The van der Waals surface area contributed by atoms with Gasteiger partial charge >= 0.3 is 0 Å². The molecule has 0 saturated heterocycles. The van der Waals surface area contributed by atoms with E-state index in [9.17, 15) is 4.79 Å². The van der Waals surface area contributed by atoms with Crippen LogP contribution in [0.4, 0.5) is 0 Å². The molecule has 0 aromatic rings. The van der Waals surface area contributed by atoms with Gasteiger partial charge in [-0.05, 0) is 19.3 Å². The molecule has 0 aromatic carbocycles. The molecular weight excluding hydrogens is 231 g/mol. The van der Waals surface area contributed by atoms with Crippen molar-refractivity contribution >= 4 is 28.8 Å². The molecule has 0 aromatic heterocycles. The van der Waals surface area contributed by atoms with Crippen LogP contribution in [0.1, 0.15) is 25.7 Å². The van der Waals surface area contributed by atoms with E-state index >= 15 is 0 Å². The summed E-state index contributed by atoms with van der Waals surface area (Å²) in [4.78, 5) is 10.9. The number of halogens is 1. The normalized spacial score (nSPS) is 28.6. The van der Waals surface area contributed by atoms with Gasteiger partial charge in [0.15, 0.2) is 5.78 Å². The smallest absolute Gasteiger partial charge is 0.162 e. The highest BCUT2D eigenvalue weighted by molar-refractivity contribution is 14.1. The average molecular weight is 240 g/mol. The summed E-state index contributed by atoms with van der Waals surface area (Å²) >= 11 is 1.80. The van der Waals surface area contributed by atoms with Crippen LogP contribution in [-0.4, -0.2) is 11.9 Å². The Hall–Kier alpha value is 0.360. The molecule has 0 unspecified atom stereocenters. The Morgan fingerprint density at radius 1 is 1.56 bits per heavy atom. The van der Waals surface area contributed by atoms with E-state index in [0.717, 1.165) is 19.3 Å². The first-order valence-corrected chi connectivity index (χ1v) is 4.03. The van der Waals surface area contributed by atoms with Gasteiger partial charge < -0.3 is 3.07 Å². The number of carbonyl (C=O) groups is 1. The first-order chi connectivity index (χ1) is 4.34. The largest absolute Gasteiger partial charge is 0.304 e. The average Bonchev–Trinajstić information content (AvgIpc) is 1.89. The van der Waals surface area contributed by atoms with E-state index < -0.39 is 0 Å². The van der Waals surface area contributed by atoms with Crippen LogP contribution in [0.25, 0.3) is 0 Å². The Bertz CT molecular complexity index is 114. The van der Waals surface area contributed by atoms with Gasteiger partial charge in [-0.3, -0.25) is 4.79 Å². The Labute approximate surface area is 68.6 Å². The summed E-state index contributed by atoms with van der Waals surface area (Å²) in [6, 6.07) is 0. The lowest BCUT2D eigenvalue weighted by Gasteiger charge is -2.16. The fourth-order valence-corrected chi connectivity index (χ4v) is 1.58. The van der Waals surface area contributed by atoms with Crippen LogP contribution in [0.3, 0.4) is 0 Å². The number of hydrogen-bond acceptors (Lipinski definition) is 2. The van der Waals surface area contributed by atoms with Gasteiger partial charge in [-0.1, -0.05) is 0 Å². The second-order valence-electron chi connectivity index (χ2n) is 2.29. The van der Waals surface area contributed by atoms with Crippen LogP contribution in [0.5, 0.6) is 0 Å². The first-order valence-electron chi connectivity index (χ1n) is 3.14. The molecule has 9 heavy (non-hydrogen) atoms. The van der Waals surface area contributed by atoms with Crippen molar-refractivity contribution in [3.05, 3.63) is 0 Å². The Balaban J connectivity index is 2.39. The Morgan fingerprint density at radius 2 is 2.33 bits per heavy atom. The van der Waals surface area contributed by atoms with Gasteiger partial charge in [0.25, 0.3) is 0 Å². The molecule has 1 aliphatic rings. The molecule has 1 saturated carbocycles. The summed E-state index contributed by atoms with van der Waals surface area (Å²) in [6.07, 6.45) is 3.73. The van der Waals surface area contributed by atoms with Crippen molar-refractivity contribution in [2.24, 2.45) is 0 Å². The SMILES string of the molecule is O=C1CCCC[C@@H]1OI. The molecule has 1 aliphatic carbocycles. The second kappa shape index (κ2) is 3.51. The third-order valence-electron chi connectivity index (χ3n) is 1.61. The van der Waals surface area contributed by atoms with E-state index in [1.807, 2.05) is 0 Å². The highest BCUT2D eigenvalue weighted by Gasteiger charge is 2.21. The monoisotopic (exact) mass is 240 g/mol. The van der Waals surface area contributed by atoms with Gasteiger partial charge in [0.05, 0.1) is 0 Å².